The molecule has 2 aromatic rings. The Morgan fingerprint density at radius 3 is 2.04 bits per heavy atom. The summed E-state index contributed by atoms with van der Waals surface area (Å²) in [5.74, 6) is -2.63. The standard InChI is InChI=1S/C18H19NO6S/c20-17(25-12-14-7-3-1-4-8-14)11-16(18(21)22)19-26(23,24)13-15-9-5-2-6-10-15/h1-10,16,19H,11-13H2,(H,21,22). The van der Waals surface area contributed by atoms with E-state index in [1.165, 1.54) is 0 Å². The second-order valence-electron chi connectivity index (χ2n) is 5.60. The summed E-state index contributed by atoms with van der Waals surface area (Å²) >= 11 is 0. The number of carbonyl (C=O) groups is 2. The molecule has 0 aliphatic rings. The third-order valence-electron chi connectivity index (χ3n) is 3.43. The van der Waals surface area contributed by atoms with Gasteiger partial charge in [0.25, 0.3) is 0 Å². The van der Waals surface area contributed by atoms with Crippen molar-refractivity contribution in [1.29, 1.82) is 0 Å². The van der Waals surface area contributed by atoms with Crippen LogP contribution in [0.5, 0.6) is 0 Å². The van der Waals surface area contributed by atoms with E-state index in [2.05, 4.69) is 0 Å². The molecule has 2 rings (SSSR count). The second-order valence-corrected chi connectivity index (χ2v) is 7.36. The SMILES string of the molecule is O=C(CC(NS(=O)(=O)Cc1ccccc1)C(=O)O)OCc1ccccc1. The number of carboxylic acids is 1. The van der Waals surface area contributed by atoms with E-state index < -0.39 is 34.4 Å². The number of carbonyl (C=O) groups excluding carboxylic acids is 1. The van der Waals surface area contributed by atoms with Crippen molar-refractivity contribution in [2.75, 3.05) is 0 Å². The van der Waals surface area contributed by atoms with E-state index in [-0.39, 0.29) is 12.4 Å². The number of benzene rings is 2. The summed E-state index contributed by atoms with van der Waals surface area (Å²) in [4.78, 5) is 23.2. The summed E-state index contributed by atoms with van der Waals surface area (Å²) in [6.45, 7) is -0.0111. The molecule has 0 radical (unpaired) electrons. The predicted molar refractivity (Wildman–Crippen MR) is 94.5 cm³/mol. The van der Waals surface area contributed by atoms with Gasteiger partial charge in [0.2, 0.25) is 10.0 Å². The highest BCUT2D eigenvalue weighted by Gasteiger charge is 2.27. The predicted octanol–water partition coefficient (Wildman–Crippen LogP) is 1.69. The summed E-state index contributed by atoms with van der Waals surface area (Å²) in [5.41, 5.74) is 1.26. The summed E-state index contributed by atoms with van der Waals surface area (Å²) in [5, 5.41) is 9.20. The minimum absolute atomic E-state index is 0.0111. The van der Waals surface area contributed by atoms with Crippen LogP contribution >= 0.6 is 0 Å². The molecule has 0 heterocycles. The molecule has 0 aliphatic carbocycles. The maximum Gasteiger partial charge on any atom is 0.322 e. The van der Waals surface area contributed by atoms with Gasteiger partial charge in [-0.15, -0.1) is 0 Å². The Balaban J connectivity index is 1.93. The molecule has 1 atom stereocenters. The molecule has 138 valence electrons. The van der Waals surface area contributed by atoms with Gasteiger partial charge in [-0.1, -0.05) is 60.7 Å². The van der Waals surface area contributed by atoms with Crippen molar-refractivity contribution in [3.05, 3.63) is 71.8 Å². The lowest BCUT2D eigenvalue weighted by Crippen LogP contribution is -2.42. The number of sulfonamides is 1. The van der Waals surface area contributed by atoms with Gasteiger partial charge < -0.3 is 9.84 Å². The Labute approximate surface area is 151 Å². The number of esters is 1. The van der Waals surface area contributed by atoms with Gasteiger partial charge in [-0.2, -0.15) is 0 Å². The maximum absolute atomic E-state index is 12.1. The molecule has 0 fully saturated rings. The van der Waals surface area contributed by atoms with E-state index in [1.807, 2.05) is 10.8 Å². The smallest absolute Gasteiger partial charge is 0.322 e. The van der Waals surface area contributed by atoms with Crippen LogP contribution in [0.4, 0.5) is 0 Å². The average molecular weight is 377 g/mol. The minimum atomic E-state index is -3.93. The van der Waals surface area contributed by atoms with Gasteiger partial charge in [0, 0.05) is 0 Å². The molecule has 2 N–H and O–H groups in total. The molecule has 0 bridgehead atoms. The molecule has 2 aromatic carbocycles. The highest BCUT2D eigenvalue weighted by Crippen LogP contribution is 2.08. The minimum Gasteiger partial charge on any atom is -0.480 e. The van der Waals surface area contributed by atoms with E-state index in [1.54, 1.807) is 54.6 Å². The molecule has 26 heavy (non-hydrogen) atoms. The van der Waals surface area contributed by atoms with Gasteiger partial charge in [-0.3, -0.25) is 9.59 Å². The first-order valence-corrected chi connectivity index (χ1v) is 9.47. The molecule has 1 unspecified atom stereocenters. The van der Waals surface area contributed by atoms with Crippen molar-refractivity contribution in [1.82, 2.24) is 4.72 Å². The Morgan fingerprint density at radius 1 is 0.962 bits per heavy atom. The Hall–Kier alpha value is -2.71. The second kappa shape index (κ2) is 9.12. The molecular formula is C18H19NO6S. The van der Waals surface area contributed by atoms with Crippen molar-refractivity contribution < 1.29 is 27.9 Å². The van der Waals surface area contributed by atoms with Crippen molar-refractivity contribution in [2.45, 2.75) is 24.8 Å². The third-order valence-corrected chi connectivity index (χ3v) is 4.79. The lowest BCUT2D eigenvalue weighted by atomic mass is 10.2. The van der Waals surface area contributed by atoms with Crippen LogP contribution < -0.4 is 4.72 Å². The molecule has 0 spiro atoms. The Bertz CT molecular complexity index is 836. The average Bonchev–Trinajstić information content (AvgIpc) is 2.60. The molecule has 0 amide bonds. The van der Waals surface area contributed by atoms with E-state index in [9.17, 15) is 23.1 Å². The van der Waals surface area contributed by atoms with Crippen LogP contribution in [0.1, 0.15) is 17.5 Å². The number of aliphatic carboxylic acids is 1. The number of hydrogen-bond acceptors (Lipinski definition) is 5. The molecule has 7 nitrogen and oxygen atoms in total. The van der Waals surface area contributed by atoms with Crippen LogP contribution in [0.15, 0.2) is 60.7 Å². The number of ether oxygens (including phenoxy) is 1. The van der Waals surface area contributed by atoms with Crippen LogP contribution in [0.25, 0.3) is 0 Å². The summed E-state index contributed by atoms with van der Waals surface area (Å²) in [6, 6.07) is 15.6. The van der Waals surface area contributed by atoms with E-state index in [0.29, 0.717) is 5.56 Å². The fourth-order valence-electron chi connectivity index (χ4n) is 2.20. The van der Waals surface area contributed by atoms with Crippen molar-refractivity contribution >= 4 is 22.0 Å². The van der Waals surface area contributed by atoms with E-state index in [4.69, 9.17) is 4.74 Å². The first-order chi connectivity index (χ1) is 12.4. The maximum atomic E-state index is 12.1. The number of carboxylic acid groups (broad SMARTS) is 1. The van der Waals surface area contributed by atoms with Gasteiger partial charge >= 0.3 is 11.9 Å². The highest BCUT2D eigenvalue weighted by atomic mass is 32.2. The van der Waals surface area contributed by atoms with Crippen LogP contribution in [-0.2, 0) is 36.7 Å². The molecule has 0 aliphatic heterocycles. The quantitative estimate of drug-likeness (QED) is 0.644. The fraction of sp³-hybridized carbons (Fsp3) is 0.222. The lowest BCUT2D eigenvalue weighted by molar-refractivity contribution is -0.150. The van der Waals surface area contributed by atoms with E-state index >= 15 is 0 Å². The zero-order valence-electron chi connectivity index (χ0n) is 13.9. The monoisotopic (exact) mass is 377 g/mol. The zero-order valence-corrected chi connectivity index (χ0v) is 14.7. The topological polar surface area (TPSA) is 110 Å². The summed E-state index contributed by atoms with van der Waals surface area (Å²) in [7, 11) is -3.93. The van der Waals surface area contributed by atoms with Gasteiger partial charge in [0.15, 0.2) is 0 Å². The van der Waals surface area contributed by atoms with Crippen molar-refractivity contribution in [3.8, 4) is 0 Å². The molecular weight excluding hydrogens is 358 g/mol. The van der Waals surface area contributed by atoms with Gasteiger partial charge in [-0.05, 0) is 11.1 Å². The fourth-order valence-corrected chi connectivity index (χ4v) is 3.53. The summed E-state index contributed by atoms with van der Waals surface area (Å²) in [6.07, 6.45) is -0.601. The lowest BCUT2D eigenvalue weighted by Gasteiger charge is -2.14. The molecule has 8 heteroatoms. The first kappa shape index (κ1) is 19.6. The van der Waals surface area contributed by atoms with Gasteiger partial charge in [0.05, 0.1) is 12.2 Å². The van der Waals surface area contributed by atoms with Crippen LogP contribution in [0.3, 0.4) is 0 Å². The van der Waals surface area contributed by atoms with Crippen molar-refractivity contribution in [3.63, 3.8) is 0 Å². The van der Waals surface area contributed by atoms with E-state index in [0.717, 1.165) is 5.56 Å². The van der Waals surface area contributed by atoms with Gasteiger partial charge in [-0.25, -0.2) is 13.1 Å². The number of hydrogen-bond donors (Lipinski definition) is 2. The van der Waals surface area contributed by atoms with Crippen LogP contribution in [0, 0.1) is 0 Å². The highest BCUT2D eigenvalue weighted by molar-refractivity contribution is 7.88. The Kier molecular flexibility index (Phi) is 6.88. The van der Waals surface area contributed by atoms with Gasteiger partial charge in [0.1, 0.15) is 12.6 Å². The largest absolute Gasteiger partial charge is 0.480 e. The normalized spacial score (nSPS) is 12.3. The summed E-state index contributed by atoms with van der Waals surface area (Å²) < 4.78 is 31.3. The van der Waals surface area contributed by atoms with Crippen molar-refractivity contribution in [2.24, 2.45) is 0 Å². The third kappa shape index (κ3) is 6.66. The number of rotatable bonds is 9. The van der Waals surface area contributed by atoms with Crippen LogP contribution in [0.2, 0.25) is 0 Å². The Morgan fingerprint density at radius 2 is 1.50 bits per heavy atom. The zero-order chi connectivity index (χ0) is 19.0. The van der Waals surface area contributed by atoms with Crippen LogP contribution in [-0.4, -0.2) is 31.5 Å². The molecule has 0 aromatic heterocycles. The molecule has 0 saturated heterocycles. The molecule has 0 saturated carbocycles. The first-order valence-electron chi connectivity index (χ1n) is 7.82. The number of nitrogens with one attached hydrogen (secondary N) is 1.